The second kappa shape index (κ2) is 5.01. The monoisotopic (exact) mass is 317 g/mol. The molecular formula is C14H12BrN3O. The number of benzene rings is 1. The highest BCUT2D eigenvalue weighted by Crippen LogP contribution is 2.22. The number of rotatable bonds is 3. The summed E-state index contributed by atoms with van der Waals surface area (Å²) >= 11 is 3.42. The van der Waals surface area contributed by atoms with Crippen molar-refractivity contribution < 1.29 is 4.74 Å². The predicted octanol–water partition coefficient (Wildman–Crippen LogP) is 3.79. The van der Waals surface area contributed by atoms with Crippen LogP contribution in [0, 0.1) is 0 Å². The lowest BCUT2D eigenvalue weighted by molar-refractivity contribution is 0.328. The number of imidazole rings is 1. The minimum absolute atomic E-state index is 0.600. The fraction of sp³-hybridized carbons (Fsp3) is 0.143. The van der Waals surface area contributed by atoms with Gasteiger partial charge in [-0.3, -0.25) is 0 Å². The third kappa shape index (κ3) is 2.46. The van der Waals surface area contributed by atoms with E-state index in [1.54, 1.807) is 0 Å². The third-order valence-electron chi connectivity index (χ3n) is 2.73. The van der Waals surface area contributed by atoms with Crippen LogP contribution in [-0.4, -0.2) is 21.6 Å². The predicted molar refractivity (Wildman–Crippen MR) is 78.2 cm³/mol. The minimum Gasteiger partial charge on any atom is -0.478 e. The average Bonchev–Trinajstić information content (AvgIpc) is 2.83. The average molecular weight is 318 g/mol. The van der Waals surface area contributed by atoms with Gasteiger partial charge in [-0.05, 0) is 25.1 Å². The van der Waals surface area contributed by atoms with E-state index < -0.39 is 0 Å². The quantitative estimate of drug-likeness (QED) is 0.799. The Balaban J connectivity index is 2.03. The number of H-pyrrole nitrogens is 1. The number of aromatic amines is 1. The van der Waals surface area contributed by atoms with E-state index in [9.17, 15) is 0 Å². The normalized spacial score (nSPS) is 10.8. The fourth-order valence-electron chi connectivity index (χ4n) is 1.85. The van der Waals surface area contributed by atoms with Crippen molar-refractivity contribution >= 4 is 27.1 Å². The molecule has 0 saturated carbocycles. The molecule has 2 aromatic heterocycles. The molecule has 3 rings (SSSR count). The van der Waals surface area contributed by atoms with Crippen molar-refractivity contribution in [1.29, 1.82) is 0 Å². The molecule has 4 nitrogen and oxygen atoms in total. The maximum absolute atomic E-state index is 5.37. The van der Waals surface area contributed by atoms with Gasteiger partial charge in [-0.25, -0.2) is 4.98 Å². The van der Waals surface area contributed by atoms with Gasteiger partial charge in [-0.1, -0.05) is 28.1 Å². The Kier molecular flexibility index (Phi) is 3.21. The van der Waals surface area contributed by atoms with Crippen molar-refractivity contribution in [2.45, 2.75) is 6.92 Å². The standard InChI is InChI=1S/C14H12BrN3O/c1-2-19-12-8-7-11-14(17-12)18-13(16-11)9-3-5-10(15)6-4-9/h3-8H,2H2,1H3,(H,16,17,18). The number of fused-ring (bicyclic) bond motifs is 1. The highest BCUT2D eigenvalue weighted by Gasteiger charge is 2.07. The Morgan fingerprint density at radius 3 is 2.63 bits per heavy atom. The van der Waals surface area contributed by atoms with Crippen LogP contribution >= 0.6 is 15.9 Å². The van der Waals surface area contributed by atoms with Crippen LogP contribution in [0.3, 0.4) is 0 Å². The van der Waals surface area contributed by atoms with Gasteiger partial charge in [0.2, 0.25) is 5.88 Å². The van der Waals surface area contributed by atoms with E-state index in [4.69, 9.17) is 4.74 Å². The zero-order valence-corrected chi connectivity index (χ0v) is 11.9. The number of nitrogens with zero attached hydrogens (tertiary/aromatic N) is 2. The molecule has 19 heavy (non-hydrogen) atoms. The molecule has 0 radical (unpaired) electrons. The van der Waals surface area contributed by atoms with Crippen LogP contribution in [0.4, 0.5) is 0 Å². The summed E-state index contributed by atoms with van der Waals surface area (Å²) in [6.07, 6.45) is 0. The summed E-state index contributed by atoms with van der Waals surface area (Å²) in [7, 11) is 0. The van der Waals surface area contributed by atoms with Gasteiger partial charge in [-0.15, -0.1) is 0 Å². The largest absolute Gasteiger partial charge is 0.478 e. The summed E-state index contributed by atoms with van der Waals surface area (Å²) in [5, 5.41) is 0. The second-order valence-corrected chi connectivity index (χ2v) is 4.96. The highest BCUT2D eigenvalue weighted by atomic mass is 79.9. The number of aromatic nitrogens is 3. The lowest BCUT2D eigenvalue weighted by Gasteiger charge is -1.99. The topological polar surface area (TPSA) is 50.8 Å². The summed E-state index contributed by atoms with van der Waals surface area (Å²) in [5.41, 5.74) is 2.60. The van der Waals surface area contributed by atoms with Crippen LogP contribution in [0.25, 0.3) is 22.6 Å². The van der Waals surface area contributed by atoms with Crippen LogP contribution < -0.4 is 4.74 Å². The van der Waals surface area contributed by atoms with Gasteiger partial charge in [0.05, 0.1) is 12.1 Å². The number of pyridine rings is 1. The zero-order chi connectivity index (χ0) is 13.2. The molecule has 0 aliphatic heterocycles. The van der Waals surface area contributed by atoms with Gasteiger partial charge in [0.25, 0.3) is 0 Å². The first-order valence-electron chi connectivity index (χ1n) is 6.02. The lowest BCUT2D eigenvalue weighted by atomic mass is 10.2. The summed E-state index contributed by atoms with van der Waals surface area (Å²) in [5.74, 6) is 1.41. The van der Waals surface area contributed by atoms with Crippen molar-refractivity contribution in [2.24, 2.45) is 0 Å². The smallest absolute Gasteiger partial charge is 0.215 e. The Morgan fingerprint density at radius 2 is 1.89 bits per heavy atom. The van der Waals surface area contributed by atoms with Crippen LogP contribution in [0.5, 0.6) is 5.88 Å². The van der Waals surface area contributed by atoms with Crippen molar-refractivity contribution in [2.75, 3.05) is 6.61 Å². The van der Waals surface area contributed by atoms with E-state index in [-0.39, 0.29) is 0 Å². The van der Waals surface area contributed by atoms with Crippen LogP contribution in [-0.2, 0) is 0 Å². The molecular weight excluding hydrogens is 306 g/mol. The summed E-state index contributed by atoms with van der Waals surface area (Å²) in [6.45, 7) is 2.53. The Labute approximate surface area is 119 Å². The van der Waals surface area contributed by atoms with E-state index in [1.165, 1.54) is 0 Å². The van der Waals surface area contributed by atoms with Gasteiger partial charge < -0.3 is 9.72 Å². The molecule has 0 unspecified atom stereocenters. The van der Waals surface area contributed by atoms with Crippen LogP contribution in [0.15, 0.2) is 40.9 Å². The van der Waals surface area contributed by atoms with Crippen LogP contribution in [0.2, 0.25) is 0 Å². The summed E-state index contributed by atoms with van der Waals surface area (Å²) < 4.78 is 6.42. The molecule has 0 atom stereocenters. The highest BCUT2D eigenvalue weighted by molar-refractivity contribution is 9.10. The van der Waals surface area contributed by atoms with E-state index in [0.29, 0.717) is 18.1 Å². The summed E-state index contributed by atoms with van der Waals surface area (Å²) in [4.78, 5) is 12.1. The third-order valence-corrected chi connectivity index (χ3v) is 3.26. The van der Waals surface area contributed by atoms with Gasteiger partial charge >= 0.3 is 0 Å². The van der Waals surface area contributed by atoms with E-state index >= 15 is 0 Å². The number of halogens is 1. The molecule has 5 heteroatoms. The molecule has 2 heterocycles. The SMILES string of the molecule is CCOc1ccc2[nH]c(-c3ccc(Br)cc3)nc2n1. The molecule has 0 fully saturated rings. The second-order valence-electron chi connectivity index (χ2n) is 4.05. The van der Waals surface area contributed by atoms with Gasteiger partial charge in [0.1, 0.15) is 5.82 Å². The molecule has 3 aromatic rings. The fourth-order valence-corrected chi connectivity index (χ4v) is 2.11. The van der Waals surface area contributed by atoms with Gasteiger partial charge in [0.15, 0.2) is 5.65 Å². The zero-order valence-electron chi connectivity index (χ0n) is 10.4. The number of hydrogen-bond acceptors (Lipinski definition) is 3. The Morgan fingerprint density at radius 1 is 1.11 bits per heavy atom. The van der Waals surface area contributed by atoms with E-state index in [2.05, 4.69) is 30.9 Å². The first-order valence-corrected chi connectivity index (χ1v) is 6.81. The molecule has 0 aliphatic carbocycles. The van der Waals surface area contributed by atoms with Crippen molar-refractivity contribution in [3.63, 3.8) is 0 Å². The van der Waals surface area contributed by atoms with Crippen molar-refractivity contribution in [1.82, 2.24) is 15.0 Å². The molecule has 96 valence electrons. The number of nitrogens with one attached hydrogen (secondary N) is 1. The van der Waals surface area contributed by atoms with E-state index in [1.807, 2.05) is 43.3 Å². The lowest BCUT2D eigenvalue weighted by Crippen LogP contribution is -1.93. The molecule has 1 N–H and O–H groups in total. The molecule has 0 amide bonds. The Hall–Kier alpha value is -1.88. The molecule has 0 aliphatic rings. The molecule has 0 bridgehead atoms. The maximum atomic E-state index is 5.37. The first-order chi connectivity index (χ1) is 9.26. The van der Waals surface area contributed by atoms with Crippen molar-refractivity contribution in [3.8, 4) is 17.3 Å². The summed E-state index contributed by atoms with van der Waals surface area (Å²) in [6, 6.07) is 11.8. The number of hydrogen-bond donors (Lipinski definition) is 1. The van der Waals surface area contributed by atoms with Crippen LogP contribution in [0.1, 0.15) is 6.92 Å². The molecule has 1 aromatic carbocycles. The van der Waals surface area contributed by atoms with Crippen molar-refractivity contribution in [3.05, 3.63) is 40.9 Å². The molecule has 0 saturated heterocycles. The van der Waals surface area contributed by atoms with E-state index in [0.717, 1.165) is 21.4 Å². The van der Waals surface area contributed by atoms with Gasteiger partial charge in [-0.2, -0.15) is 4.98 Å². The van der Waals surface area contributed by atoms with Gasteiger partial charge in [0, 0.05) is 16.1 Å². The molecule has 0 spiro atoms. The Bertz CT molecular complexity index is 706. The minimum atomic E-state index is 0.600. The maximum Gasteiger partial charge on any atom is 0.215 e. The number of ether oxygens (including phenoxy) is 1. The first kappa shape index (κ1) is 12.2.